The Kier molecular flexibility index (Phi) is 6.00. The molecule has 3 heteroatoms. The number of hydrogen-bond acceptors (Lipinski definition) is 3. The zero-order valence-electron chi connectivity index (χ0n) is 17.2. The molecule has 0 saturated heterocycles. The van der Waals surface area contributed by atoms with Gasteiger partial charge in [0, 0.05) is 0 Å². The minimum absolute atomic E-state index is 0.0860. The first-order chi connectivity index (χ1) is 14.2. The maximum Gasteiger partial charge on any atom is 0.314 e. The average Bonchev–Trinajstić information content (AvgIpc) is 2.77. The van der Waals surface area contributed by atoms with Gasteiger partial charge in [0.1, 0.15) is 5.75 Å². The summed E-state index contributed by atoms with van der Waals surface area (Å²) in [5, 5.41) is 8.89. The van der Waals surface area contributed by atoms with Crippen LogP contribution in [0.2, 0.25) is 0 Å². The fourth-order valence-electron chi connectivity index (χ4n) is 4.98. The molecule has 2 aromatic rings. The van der Waals surface area contributed by atoms with E-state index in [-0.39, 0.29) is 11.9 Å². The molecule has 0 radical (unpaired) electrons. The molecule has 2 aliphatic carbocycles. The molecular formula is C26H29NO2. The maximum atomic E-state index is 12.7. The number of ether oxygens (including phenoxy) is 1. The Morgan fingerprint density at radius 1 is 1.03 bits per heavy atom. The first-order valence-corrected chi connectivity index (χ1v) is 11.0. The highest BCUT2D eigenvalue weighted by molar-refractivity contribution is 5.76. The van der Waals surface area contributed by atoms with Crippen LogP contribution in [0.15, 0.2) is 36.4 Å². The first-order valence-electron chi connectivity index (χ1n) is 11.0. The molecule has 29 heavy (non-hydrogen) atoms. The summed E-state index contributed by atoms with van der Waals surface area (Å²) in [6.07, 6.45) is 10.3. The zero-order chi connectivity index (χ0) is 20.2. The van der Waals surface area contributed by atoms with Gasteiger partial charge in [0.15, 0.2) is 0 Å². The van der Waals surface area contributed by atoms with Gasteiger partial charge < -0.3 is 4.74 Å². The number of rotatable bonds is 5. The Morgan fingerprint density at radius 3 is 2.41 bits per heavy atom. The molecule has 0 unspecified atom stereocenters. The first kappa shape index (κ1) is 19.7. The molecule has 0 spiro atoms. The third-order valence-electron chi connectivity index (χ3n) is 6.65. The lowest BCUT2D eigenvalue weighted by Gasteiger charge is -2.31. The van der Waals surface area contributed by atoms with E-state index in [4.69, 9.17) is 10.00 Å². The highest BCUT2D eigenvalue weighted by atomic mass is 16.5. The van der Waals surface area contributed by atoms with Crippen LogP contribution in [-0.4, -0.2) is 5.97 Å². The van der Waals surface area contributed by atoms with Gasteiger partial charge in [-0.15, -0.1) is 0 Å². The van der Waals surface area contributed by atoms with Crippen LogP contribution < -0.4 is 4.74 Å². The lowest BCUT2D eigenvalue weighted by Crippen LogP contribution is -2.28. The number of hydrogen-bond donors (Lipinski definition) is 0. The Balaban J connectivity index is 1.42. The van der Waals surface area contributed by atoms with Crippen molar-refractivity contribution < 1.29 is 9.53 Å². The SMILES string of the molecule is CCCC[C@H]1CCc2c(ccc3c2CC[C@H](C(=O)Oc2ccc(C#N)cc2)C3)C1. The van der Waals surface area contributed by atoms with Crippen LogP contribution in [0.1, 0.15) is 66.8 Å². The van der Waals surface area contributed by atoms with Crippen molar-refractivity contribution in [2.75, 3.05) is 0 Å². The molecule has 0 aromatic heterocycles. The topological polar surface area (TPSA) is 50.1 Å². The predicted octanol–water partition coefficient (Wildman–Crippen LogP) is 5.56. The Bertz CT molecular complexity index is 923. The zero-order valence-corrected chi connectivity index (χ0v) is 17.2. The molecule has 0 aliphatic heterocycles. The Morgan fingerprint density at radius 2 is 1.72 bits per heavy atom. The minimum atomic E-state index is -0.155. The lowest BCUT2D eigenvalue weighted by atomic mass is 9.74. The van der Waals surface area contributed by atoms with Gasteiger partial charge in [-0.1, -0.05) is 38.3 Å². The second-order valence-electron chi connectivity index (χ2n) is 8.59. The molecule has 0 heterocycles. The van der Waals surface area contributed by atoms with Gasteiger partial charge in [-0.25, -0.2) is 0 Å². The molecule has 0 bridgehead atoms. The number of fused-ring (bicyclic) bond motifs is 3. The van der Waals surface area contributed by atoms with Crippen molar-refractivity contribution in [1.82, 2.24) is 0 Å². The van der Waals surface area contributed by atoms with E-state index in [0.717, 1.165) is 25.2 Å². The van der Waals surface area contributed by atoms with Crippen molar-refractivity contribution in [1.29, 1.82) is 5.26 Å². The number of carbonyl (C=O) groups is 1. The molecular weight excluding hydrogens is 358 g/mol. The van der Waals surface area contributed by atoms with Gasteiger partial charge in [-0.2, -0.15) is 5.26 Å². The molecule has 0 amide bonds. The van der Waals surface area contributed by atoms with Crippen LogP contribution in [-0.2, 0) is 30.5 Å². The van der Waals surface area contributed by atoms with Crippen molar-refractivity contribution in [2.24, 2.45) is 11.8 Å². The molecule has 0 fully saturated rings. The van der Waals surface area contributed by atoms with Crippen LogP contribution in [0.25, 0.3) is 0 Å². The van der Waals surface area contributed by atoms with Gasteiger partial charge in [0.25, 0.3) is 0 Å². The van der Waals surface area contributed by atoms with E-state index in [1.54, 1.807) is 35.4 Å². The largest absolute Gasteiger partial charge is 0.426 e. The smallest absolute Gasteiger partial charge is 0.314 e. The third kappa shape index (κ3) is 4.37. The summed E-state index contributed by atoms with van der Waals surface area (Å²) >= 11 is 0. The van der Waals surface area contributed by atoms with Crippen molar-refractivity contribution in [3.05, 3.63) is 64.2 Å². The quantitative estimate of drug-likeness (QED) is 0.498. The molecule has 0 N–H and O–H groups in total. The van der Waals surface area contributed by atoms with E-state index in [9.17, 15) is 4.79 Å². The molecule has 4 rings (SSSR count). The van der Waals surface area contributed by atoms with Crippen molar-refractivity contribution in [3.63, 3.8) is 0 Å². The highest BCUT2D eigenvalue weighted by Gasteiger charge is 2.30. The summed E-state index contributed by atoms with van der Waals surface area (Å²) in [4.78, 5) is 12.7. The lowest BCUT2D eigenvalue weighted by molar-refractivity contribution is -0.139. The second kappa shape index (κ2) is 8.82. The maximum absolute atomic E-state index is 12.7. The minimum Gasteiger partial charge on any atom is -0.426 e. The average molecular weight is 388 g/mol. The van der Waals surface area contributed by atoms with Crippen molar-refractivity contribution >= 4 is 5.97 Å². The summed E-state index contributed by atoms with van der Waals surface area (Å²) in [5.41, 5.74) is 6.55. The standard InChI is InChI=1S/C26H29NO2/c1-2-3-4-18-7-13-24-20(15-18)8-9-21-16-22(10-14-25(21)24)26(28)29-23-11-5-19(17-27)6-12-23/h5-6,8-9,11-12,18,22H,2-4,7,10,13-16H2,1H3/t18-,22-/m0/s1. The predicted molar refractivity (Wildman–Crippen MR) is 114 cm³/mol. The molecule has 0 saturated carbocycles. The molecule has 2 aliphatic rings. The van der Waals surface area contributed by atoms with Crippen LogP contribution in [0, 0.1) is 23.2 Å². The normalized spacial score (nSPS) is 20.3. The number of nitrogens with zero attached hydrogens (tertiary/aromatic N) is 1. The number of esters is 1. The van der Waals surface area contributed by atoms with E-state index in [1.165, 1.54) is 49.7 Å². The number of carbonyl (C=O) groups excluding carboxylic acids is 1. The second-order valence-corrected chi connectivity index (χ2v) is 8.59. The summed E-state index contributed by atoms with van der Waals surface area (Å²) in [6.45, 7) is 2.27. The number of benzene rings is 2. The molecule has 3 nitrogen and oxygen atoms in total. The summed E-state index contributed by atoms with van der Waals surface area (Å²) in [6, 6.07) is 13.4. The number of unbranched alkanes of at least 4 members (excludes halogenated alkanes) is 1. The van der Waals surface area contributed by atoms with Crippen LogP contribution in [0.5, 0.6) is 5.75 Å². The van der Waals surface area contributed by atoms with Crippen LogP contribution in [0.3, 0.4) is 0 Å². The van der Waals surface area contributed by atoms with E-state index in [1.807, 2.05) is 0 Å². The fraction of sp³-hybridized carbons (Fsp3) is 0.462. The monoisotopic (exact) mass is 387 g/mol. The van der Waals surface area contributed by atoms with Gasteiger partial charge in [-0.05, 0) is 91.0 Å². The summed E-state index contributed by atoms with van der Waals surface area (Å²) in [5.74, 6) is 1.12. The highest BCUT2D eigenvalue weighted by Crippen LogP contribution is 2.36. The molecule has 150 valence electrons. The van der Waals surface area contributed by atoms with Gasteiger partial charge in [-0.3, -0.25) is 4.79 Å². The van der Waals surface area contributed by atoms with E-state index >= 15 is 0 Å². The molecule has 2 atom stereocenters. The fourth-order valence-corrected chi connectivity index (χ4v) is 4.98. The summed E-state index contributed by atoms with van der Waals surface area (Å²) < 4.78 is 5.58. The third-order valence-corrected chi connectivity index (χ3v) is 6.65. The number of nitriles is 1. The van der Waals surface area contributed by atoms with Crippen molar-refractivity contribution in [2.45, 2.75) is 64.7 Å². The molecule has 2 aromatic carbocycles. The Hall–Kier alpha value is -2.60. The van der Waals surface area contributed by atoms with Gasteiger partial charge >= 0.3 is 5.97 Å². The van der Waals surface area contributed by atoms with Crippen molar-refractivity contribution in [3.8, 4) is 11.8 Å². The van der Waals surface area contributed by atoms with Crippen LogP contribution >= 0.6 is 0 Å². The Labute approximate surface area is 173 Å². The van der Waals surface area contributed by atoms with E-state index in [2.05, 4.69) is 25.1 Å². The van der Waals surface area contributed by atoms with Crippen LogP contribution in [0.4, 0.5) is 0 Å². The van der Waals surface area contributed by atoms with E-state index < -0.39 is 0 Å². The summed E-state index contributed by atoms with van der Waals surface area (Å²) in [7, 11) is 0. The van der Waals surface area contributed by atoms with E-state index in [0.29, 0.717) is 11.3 Å². The van der Waals surface area contributed by atoms with Gasteiger partial charge in [0.2, 0.25) is 0 Å². The van der Waals surface area contributed by atoms with Gasteiger partial charge in [0.05, 0.1) is 17.6 Å².